The number of nitrogens with one attached hydrogen (secondary N) is 1. The van der Waals surface area contributed by atoms with Crippen LogP contribution < -0.4 is 5.32 Å². The first-order chi connectivity index (χ1) is 9.51. The van der Waals surface area contributed by atoms with Gasteiger partial charge < -0.3 is 20.6 Å². The van der Waals surface area contributed by atoms with Gasteiger partial charge in [0.25, 0.3) is 0 Å². The van der Waals surface area contributed by atoms with Crippen LogP contribution in [-0.2, 0) is 9.59 Å². The Balaban J connectivity index is 3.98. The summed E-state index contributed by atoms with van der Waals surface area (Å²) in [6.45, 7) is 1.46. The van der Waals surface area contributed by atoms with Crippen LogP contribution in [-0.4, -0.2) is 64.6 Å². The number of aliphatic hydroxyl groups is 2. The van der Waals surface area contributed by atoms with E-state index in [-0.39, 0.29) is 25.4 Å². The Bertz CT molecular complexity index is 320. The SMILES string of the molecule is CCC/C=C/CC(=O)NCCN(CC(=O)O)C(O)CO. The van der Waals surface area contributed by atoms with Crippen LogP contribution in [0.1, 0.15) is 26.2 Å². The summed E-state index contributed by atoms with van der Waals surface area (Å²) in [7, 11) is 0. The number of aliphatic carboxylic acids is 1. The number of allylic oxidation sites excluding steroid dienone is 1. The van der Waals surface area contributed by atoms with Gasteiger partial charge in [-0.1, -0.05) is 25.5 Å². The zero-order valence-electron chi connectivity index (χ0n) is 11.8. The van der Waals surface area contributed by atoms with Crippen molar-refractivity contribution in [3.63, 3.8) is 0 Å². The Morgan fingerprint density at radius 2 is 2.05 bits per heavy atom. The van der Waals surface area contributed by atoms with Crippen molar-refractivity contribution in [2.24, 2.45) is 0 Å². The normalized spacial score (nSPS) is 12.8. The summed E-state index contributed by atoms with van der Waals surface area (Å²) in [4.78, 5) is 23.2. The largest absolute Gasteiger partial charge is 0.480 e. The summed E-state index contributed by atoms with van der Waals surface area (Å²) < 4.78 is 0. The molecule has 7 heteroatoms. The molecule has 0 radical (unpaired) electrons. The smallest absolute Gasteiger partial charge is 0.317 e. The maximum Gasteiger partial charge on any atom is 0.317 e. The fraction of sp³-hybridized carbons (Fsp3) is 0.692. The second-order valence-electron chi connectivity index (χ2n) is 4.34. The number of carbonyl (C=O) groups excluding carboxylic acids is 1. The molecule has 1 amide bonds. The molecular formula is C13H24N2O5. The number of carboxylic acid groups (broad SMARTS) is 1. The minimum atomic E-state index is -1.24. The first-order valence-electron chi connectivity index (χ1n) is 6.67. The third-order valence-corrected chi connectivity index (χ3v) is 2.57. The van der Waals surface area contributed by atoms with E-state index in [2.05, 4.69) is 5.32 Å². The molecule has 0 heterocycles. The lowest BCUT2D eigenvalue weighted by Gasteiger charge is -2.24. The summed E-state index contributed by atoms with van der Waals surface area (Å²) in [5.41, 5.74) is 0. The number of rotatable bonds is 11. The van der Waals surface area contributed by atoms with E-state index < -0.39 is 25.3 Å². The van der Waals surface area contributed by atoms with Gasteiger partial charge in [-0.3, -0.25) is 14.5 Å². The summed E-state index contributed by atoms with van der Waals surface area (Å²) >= 11 is 0. The molecule has 0 aliphatic rings. The summed E-state index contributed by atoms with van der Waals surface area (Å²) in [6.07, 6.45) is 4.72. The molecule has 0 aromatic rings. The standard InChI is InChI=1S/C13H24N2O5/c1-2-3-4-5-6-11(17)14-7-8-15(9-13(19)20)12(18)10-16/h4-5,12,16,18H,2-3,6-10H2,1H3,(H,14,17)(H,19,20)/b5-4+. The van der Waals surface area contributed by atoms with Gasteiger partial charge in [-0.2, -0.15) is 0 Å². The van der Waals surface area contributed by atoms with Crippen molar-refractivity contribution in [2.45, 2.75) is 32.4 Å². The molecule has 1 atom stereocenters. The maximum atomic E-state index is 11.4. The van der Waals surface area contributed by atoms with Crippen LogP contribution in [0.4, 0.5) is 0 Å². The fourth-order valence-electron chi connectivity index (χ4n) is 1.51. The van der Waals surface area contributed by atoms with Crippen LogP contribution in [0, 0.1) is 0 Å². The third-order valence-electron chi connectivity index (χ3n) is 2.57. The number of unbranched alkanes of at least 4 members (excludes halogenated alkanes) is 1. The quantitative estimate of drug-likeness (QED) is 0.303. The molecule has 0 rings (SSSR count). The molecule has 4 N–H and O–H groups in total. The highest BCUT2D eigenvalue weighted by atomic mass is 16.4. The number of nitrogens with zero attached hydrogens (tertiary/aromatic N) is 1. The van der Waals surface area contributed by atoms with Gasteiger partial charge >= 0.3 is 5.97 Å². The highest BCUT2D eigenvalue weighted by Gasteiger charge is 2.17. The van der Waals surface area contributed by atoms with Gasteiger partial charge in [0.15, 0.2) is 0 Å². The highest BCUT2D eigenvalue weighted by Crippen LogP contribution is 1.95. The minimum absolute atomic E-state index is 0.151. The van der Waals surface area contributed by atoms with Crippen LogP contribution in [0.3, 0.4) is 0 Å². The Labute approximate surface area is 118 Å². The molecule has 0 bridgehead atoms. The molecule has 0 saturated heterocycles. The summed E-state index contributed by atoms with van der Waals surface area (Å²) in [5.74, 6) is -1.27. The molecule has 7 nitrogen and oxygen atoms in total. The van der Waals surface area contributed by atoms with Crippen molar-refractivity contribution in [2.75, 3.05) is 26.2 Å². The number of amides is 1. The van der Waals surface area contributed by atoms with Crippen molar-refractivity contribution in [3.05, 3.63) is 12.2 Å². The average Bonchev–Trinajstić information content (AvgIpc) is 2.41. The van der Waals surface area contributed by atoms with Crippen molar-refractivity contribution in [1.82, 2.24) is 10.2 Å². The van der Waals surface area contributed by atoms with E-state index >= 15 is 0 Å². The van der Waals surface area contributed by atoms with Gasteiger partial charge in [0, 0.05) is 19.5 Å². The topological polar surface area (TPSA) is 110 Å². The van der Waals surface area contributed by atoms with Crippen LogP contribution >= 0.6 is 0 Å². The van der Waals surface area contributed by atoms with Crippen LogP contribution in [0.5, 0.6) is 0 Å². The Morgan fingerprint density at radius 1 is 1.35 bits per heavy atom. The van der Waals surface area contributed by atoms with Gasteiger partial charge in [0.1, 0.15) is 6.23 Å². The van der Waals surface area contributed by atoms with Crippen molar-refractivity contribution in [1.29, 1.82) is 0 Å². The van der Waals surface area contributed by atoms with Gasteiger partial charge in [-0.05, 0) is 6.42 Å². The molecular weight excluding hydrogens is 264 g/mol. The number of hydrogen-bond donors (Lipinski definition) is 4. The number of aliphatic hydroxyl groups excluding tert-OH is 2. The first kappa shape index (κ1) is 18.6. The molecule has 0 aromatic heterocycles. The average molecular weight is 288 g/mol. The predicted molar refractivity (Wildman–Crippen MR) is 74.0 cm³/mol. The van der Waals surface area contributed by atoms with Gasteiger partial charge in [0.05, 0.1) is 13.2 Å². The predicted octanol–water partition coefficient (Wildman–Crippen LogP) is -0.454. The van der Waals surface area contributed by atoms with E-state index in [9.17, 15) is 14.7 Å². The van der Waals surface area contributed by atoms with Crippen molar-refractivity contribution >= 4 is 11.9 Å². The van der Waals surface area contributed by atoms with Gasteiger partial charge in [-0.15, -0.1) is 0 Å². The maximum absolute atomic E-state index is 11.4. The summed E-state index contributed by atoms with van der Waals surface area (Å²) in [6, 6.07) is 0. The van der Waals surface area contributed by atoms with Crippen LogP contribution in [0.15, 0.2) is 12.2 Å². The molecule has 0 aromatic carbocycles. The van der Waals surface area contributed by atoms with Gasteiger partial charge in [-0.25, -0.2) is 0 Å². The molecule has 1 unspecified atom stereocenters. The van der Waals surface area contributed by atoms with Crippen molar-refractivity contribution < 1.29 is 24.9 Å². The van der Waals surface area contributed by atoms with E-state index in [1.807, 2.05) is 13.0 Å². The van der Waals surface area contributed by atoms with Crippen molar-refractivity contribution in [3.8, 4) is 0 Å². The number of carboxylic acids is 1. The monoisotopic (exact) mass is 288 g/mol. The molecule has 0 spiro atoms. The fourth-order valence-corrected chi connectivity index (χ4v) is 1.51. The Kier molecular flexibility index (Phi) is 10.6. The lowest BCUT2D eigenvalue weighted by atomic mass is 10.3. The van der Waals surface area contributed by atoms with Crippen LogP contribution in [0.2, 0.25) is 0 Å². The van der Waals surface area contributed by atoms with E-state index in [4.69, 9.17) is 10.2 Å². The number of carbonyl (C=O) groups is 2. The lowest BCUT2D eigenvalue weighted by molar-refractivity contribution is -0.142. The zero-order chi connectivity index (χ0) is 15.4. The molecule has 0 saturated carbocycles. The van der Waals surface area contributed by atoms with Crippen LogP contribution in [0.25, 0.3) is 0 Å². The molecule has 0 fully saturated rings. The third kappa shape index (κ3) is 9.48. The second kappa shape index (κ2) is 11.4. The van der Waals surface area contributed by atoms with E-state index in [0.29, 0.717) is 0 Å². The minimum Gasteiger partial charge on any atom is -0.480 e. The highest BCUT2D eigenvalue weighted by molar-refractivity contribution is 5.77. The second-order valence-corrected chi connectivity index (χ2v) is 4.34. The molecule has 0 aliphatic heterocycles. The summed E-state index contributed by atoms with van der Waals surface area (Å²) in [5, 5.41) is 29.5. The Hall–Kier alpha value is -1.44. The van der Waals surface area contributed by atoms with E-state index in [1.165, 1.54) is 4.90 Å². The number of hydrogen-bond acceptors (Lipinski definition) is 5. The van der Waals surface area contributed by atoms with E-state index in [0.717, 1.165) is 12.8 Å². The van der Waals surface area contributed by atoms with Gasteiger partial charge in [0.2, 0.25) is 5.91 Å². The first-order valence-corrected chi connectivity index (χ1v) is 6.67. The molecule has 0 aliphatic carbocycles. The Morgan fingerprint density at radius 3 is 2.60 bits per heavy atom. The molecule has 20 heavy (non-hydrogen) atoms. The lowest BCUT2D eigenvalue weighted by Crippen LogP contribution is -2.45. The zero-order valence-corrected chi connectivity index (χ0v) is 11.8. The van der Waals surface area contributed by atoms with E-state index in [1.54, 1.807) is 6.08 Å². The molecule has 116 valence electrons.